The van der Waals surface area contributed by atoms with Gasteiger partial charge in [-0.1, -0.05) is 82.1 Å². The summed E-state index contributed by atoms with van der Waals surface area (Å²) in [6.07, 6.45) is 5.23. The average Bonchev–Trinajstić information content (AvgIpc) is 3.45. The molecule has 3 rings (SSSR count). The van der Waals surface area contributed by atoms with E-state index in [0.717, 1.165) is 10.5 Å². The molecule has 2 aromatic carbocycles. The fourth-order valence-corrected chi connectivity index (χ4v) is 5.13. The van der Waals surface area contributed by atoms with E-state index in [0.29, 0.717) is 34.5 Å². The van der Waals surface area contributed by atoms with Crippen molar-refractivity contribution in [2.24, 2.45) is 5.92 Å². The van der Waals surface area contributed by atoms with Gasteiger partial charge in [0.05, 0.1) is 10.0 Å². The van der Waals surface area contributed by atoms with Crippen molar-refractivity contribution < 1.29 is 9.18 Å². The zero-order valence-electron chi connectivity index (χ0n) is 21.2. The lowest BCUT2D eigenvalue weighted by Crippen LogP contribution is -2.26. The van der Waals surface area contributed by atoms with Crippen LogP contribution in [0.1, 0.15) is 65.0 Å². The molecule has 1 aliphatic rings. The second-order valence-electron chi connectivity index (χ2n) is 10.7. The predicted molar refractivity (Wildman–Crippen MR) is 148 cm³/mol. The number of hydrogen-bond donors (Lipinski definition) is 0. The maximum Gasteiger partial charge on any atom is 0.256 e. The van der Waals surface area contributed by atoms with Crippen LogP contribution in [0.5, 0.6) is 0 Å². The van der Waals surface area contributed by atoms with Crippen LogP contribution < -0.4 is 0 Å². The molecule has 1 saturated carbocycles. The van der Waals surface area contributed by atoms with Gasteiger partial charge in [-0.3, -0.25) is 9.10 Å². The first-order valence-electron chi connectivity index (χ1n) is 11.9. The first-order valence-corrected chi connectivity index (χ1v) is 13.4. The molecule has 0 bridgehead atoms. The Morgan fingerprint density at radius 1 is 1.17 bits per heavy atom. The molecule has 0 spiro atoms. The van der Waals surface area contributed by atoms with Crippen LogP contribution in [0, 0.1) is 5.92 Å². The second-order valence-corrected chi connectivity index (χ2v) is 12.6. The lowest BCUT2D eigenvalue weighted by molar-refractivity contribution is -0.121. The smallest absolute Gasteiger partial charge is 0.256 e. The molecule has 1 fully saturated rings. The number of carbonyl (C=O) groups excluding carboxylic acids is 1. The molecule has 1 unspecified atom stereocenters. The van der Waals surface area contributed by atoms with Gasteiger partial charge >= 0.3 is 0 Å². The number of benzene rings is 2. The monoisotopic (exact) mass is 533 g/mol. The minimum atomic E-state index is -1.43. The lowest BCUT2D eigenvalue weighted by Gasteiger charge is -2.23. The van der Waals surface area contributed by atoms with Gasteiger partial charge in [-0.25, -0.2) is 4.39 Å². The Bertz CT molecular complexity index is 1120. The van der Waals surface area contributed by atoms with Crippen molar-refractivity contribution in [2.75, 3.05) is 6.54 Å². The van der Waals surface area contributed by atoms with E-state index in [1.165, 1.54) is 17.5 Å². The van der Waals surface area contributed by atoms with Crippen molar-refractivity contribution in [1.82, 2.24) is 4.31 Å². The van der Waals surface area contributed by atoms with Gasteiger partial charge in [-0.05, 0) is 83.7 Å². The number of rotatable bonds is 8. The number of allylic oxidation sites excluding steroid dienone is 3. The molecule has 2 nitrogen and oxygen atoms in total. The van der Waals surface area contributed by atoms with Crippen molar-refractivity contribution in [3.05, 3.63) is 87.4 Å². The Morgan fingerprint density at radius 2 is 1.83 bits per heavy atom. The van der Waals surface area contributed by atoms with Gasteiger partial charge in [-0.15, -0.1) is 0 Å². The number of hydrogen-bond acceptors (Lipinski definition) is 2. The number of amides is 1. The summed E-state index contributed by atoms with van der Waals surface area (Å²) in [5.74, 6) is -0.0337. The molecule has 2 aromatic rings. The highest BCUT2D eigenvalue weighted by Crippen LogP contribution is 2.56. The molecular formula is C29H34Cl2FNOS. The van der Waals surface area contributed by atoms with Crippen LogP contribution in [0.15, 0.2) is 71.2 Å². The fourth-order valence-electron chi connectivity index (χ4n) is 3.79. The highest BCUT2D eigenvalue weighted by Gasteiger charge is 2.54. The van der Waals surface area contributed by atoms with E-state index in [-0.39, 0.29) is 17.2 Å². The van der Waals surface area contributed by atoms with Crippen LogP contribution in [0.4, 0.5) is 4.39 Å². The normalized spacial score (nSPS) is 20.5. The van der Waals surface area contributed by atoms with Crippen LogP contribution in [-0.4, -0.2) is 22.4 Å². The summed E-state index contributed by atoms with van der Waals surface area (Å²) in [5, 5.41) is 0.891. The van der Waals surface area contributed by atoms with Gasteiger partial charge in [0.25, 0.3) is 5.91 Å². The topological polar surface area (TPSA) is 20.3 Å². The maximum atomic E-state index is 15.2. The standard InChI is InChI=1S/C29H34Cl2FNOS/c1-19(2)18-33(35-23-10-8-22(9-11-23)28(4,5)6)27(34)15-20(3)13-14-29(32)17-24(29)21-7-12-25(30)26(31)16-21/h7-16,19,24H,17-18H2,1-6H3/t24?,29-/m0/s1. The van der Waals surface area contributed by atoms with Crippen molar-refractivity contribution >= 4 is 41.1 Å². The largest absolute Gasteiger partial charge is 0.278 e. The minimum Gasteiger partial charge on any atom is -0.278 e. The lowest BCUT2D eigenvalue weighted by atomic mass is 9.87. The van der Waals surface area contributed by atoms with Gasteiger partial charge in [-0.2, -0.15) is 0 Å². The molecule has 0 radical (unpaired) electrons. The Hall–Kier alpha value is -1.75. The van der Waals surface area contributed by atoms with Crippen molar-refractivity contribution in [3.8, 4) is 0 Å². The maximum absolute atomic E-state index is 15.2. The van der Waals surface area contributed by atoms with E-state index >= 15 is 4.39 Å². The molecule has 0 saturated heterocycles. The van der Waals surface area contributed by atoms with Gasteiger partial charge in [0.1, 0.15) is 5.67 Å². The Labute approximate surface area is 223 Å². The molecule has 0 aliphatic heterocycles. The van der Waals surface area contributed by atoms with Crippen molar-refractivity contribution in [3.63, 3.8) is 0 Å². The van der Waals surface area contributed by atoms with Crippen molar-refractivity contribution in [1.29, 1.82) is 0 Å². The van der Waals surface area contributed by atoms with Gasteiger partial charge < -0.3 is 0 Å². The zero-order chi connectivity index (χ0) is 26.0. The third kappa shape index (κ3) is 7.62. The number of nitrogens with zero attached hydrogens (tertiary/aromatic N) is 1. The number of halogens is 3. The van der Waals surface area contributed by atoms with E-state index in [2.05, 4.69) is 58.9 Å². The van der Waals surface area contributed by atoms with Gasteiger partial charge in [0.15, 0.2) is 0 Å². The summed E-state index contributed by atoms with van der Waals surface area (Å²) in [6.45, 7) is 13.2. The zero-order valence-corrected chi connectivity index (χ0v) is 23.6. The second kappa shape index (κ2) is 11.1. The van der Waals surface area contributed by atoms with Crippen LogP contribution in [0.3, 0.4) is 0 Å². The molecule has 188 valence electrons. The van der Waals surface area contributed by atoms with Crippen LogP contribution >= 0.6 is 35.1 Å². The van der Waals surface area contributed by atoms with E-state index in [1.807, 2.05) is 13.0 Å². The summed E-state index contributed by atoms with van der Waals surface area (Å²) in [7, 11) is 0. The highest BCUT2D eigenvalue weighted by atomic mass is 35.5. The SMILES string of the molecule is CC(C=C[C@]1(F)CC1c1ccc(Cl)c(Cl)c1)=CC(=O)N(CC(C)C)Sc1ccc(C(C)(C)C)cc1. The predicted octanol–water partition coefficient (Wildman–Crippen LogP) is 9.18. The molecule has 35 heavy (non-hydrogen) atoms. The fraction of sp³-hybridized carbons (Fsp3) is 0.414. The number of alkyl halides is 1. The van der Waals surface area contributed by atoms with E-state index in [4.69, 9.17) is 23.2 Å². The third-order valence-electron chi connectivity index (χ3n) is 5.97. The van der Waals surface area contributed by atoms with E-state index in [9.17, 15) is 4.79 Å². The minimum absolute atomic E-state index is 0.0803. The van der Waals surface area contributed by atoms with Crippen molar-refractivity contribution in [2.45, 2.75) is 69.9 Å². The molecule has 0 aromatic heterocycles. The van der Waals surface area contributed by atoms with Gasteiger partial charge in [0, 0.05) is 23.4 Å². The van der Waals surface area contributed by atoms with E-state index < -0.39 is 5.67 Å². The van der Waals surface area contributed by atoms with Gasteiger partial charge in [0.2, 0.25) is 0 Å². The molecular weight excluding hydrogens is 500 g/mol. The molecule has 0 heterocycles. The molecule has 6 heteroatoms. The first kappa shape index (κ1) is 27.8. The molecule has 1 aliphatic carbocycles. The van der Waals surface area contributed by atoms with Crippen LogP contribution in [0.25, 0.3) is 0 Å². The summed E-state index contributed by atoms with van der Waals surface area (Å²) in [5.41, 5.74) is 1.45. The molecule has 2 atom stereocenters. The third-order valence-corrected chi connectivity index (χ3v) is 7.74. The van der Waals surface area contributed by atoms with Crippen LogP contribution in [0.2, 0.25) is 10.0 Å². The Balaban J connectivity index is 1.68. The van der Waals surface area contributed by atoms with E-state index in [1.54, 1.807) is 34.7 Å². The Morgan fingerprint density at radius 3 is 2.40 bits per heavy atom. The van der Waals surface area contributed by atoms with Crippen LogP contribution in [-0.2, 0) is 10.2 Å². The summed E-state index contributed by atoms with van der Waals surface area (Å²) in [4.78, 5) is 14.1. The summed E-state index contributed by atoms with van der Waals surface area (Å²) < 4.78 is 17.0. The molecule has 0 N–H and O–H groups in total. The summed E-state index contributed by atoms with van der Waals surface area (Å²) in [6, 6.07) is 13.6. The average molecular weight is 535 g/mol. The highest BCUT2D eigenvalue weighted by molar-refractivity contribution is 7.97. The Kier molecular flexibility index (Phi) is 8.83. The molecule has 1 amide bonds. The first-order chi connectivity index (χ1) is 16.3. The quantitative estimate of drug-likeness (QED) is 0.191. The summed E-state index contributed by atoms with van der Waals surface area (Å²) >= 11 is 13.5. The number of carbonyl (C=O) groups is 1.